The van der Waals surface area contributed by atoms with Crippen LogP contribution in [-0.2, 0) is 23.9 Å². The average molecular weight is 332 g/mol. The van der Waals surface area contributed by atoms with E-state index >= 15 is 0 Å². The number of carbonyl (C=O) groups is 3. The predicted molar refractivity (Wildman–Crippen MR) is 84.9 cm³/mol. The highest BCUT2D eigenvalue weighted by molar-refractivity contribution is 8.14. The summed E-state index contributed by atoms with van der Waals surface area (Å²) >= 11 is 1.04. The van der Waals surface area contributed by atoms with Gasteiger partial charge in [-0.3, -0.25) is 15.0 Å². The first-order chi connectivity index (χ1) is 10.4. The van der Waals surface area contributed by atoms with E-state index in [0.717, 1.165) is 18.2 Å². The van der Waals surface area contributed by atoms with Gasteiger partial charge >= 0.3 is 11.9 Å². The fraction of sp³-hybridized carbons (Fsp3) is 0.714. The molecule has 8 heteroatoms. The van der Waals surface area contributed by atoms with Gasteiger partial charge in [-0.1, -0.05) is 13.3 Å². The third-order valence-corrected chi connectivity index (χ3v) is 3.41. The van der Waals surface area contributed by atoms with Crippen LogP contribution in [0.2, 0.25) is 0 Å². The maximum atomic E-state index is 11.9. The largest absolute Gasteiger partial charge is 0.465 e. The van der Waals surface area contributed by atoms with Crippen LogP contribution < -0.4 is 5.32 Å². The number of hydrogen-bond acceptors (Lipinski definition) is 7. The highest BCUT2D eigenvalue weighted by Crippen LogP contribution is 2.09. The average Bonchev–Trinajstić information content (AvgIpc) is 2.46. The number of thioether (sulfide) groups is 1. The first-order valence-electron chi connectivity index (χ1n) is 7.22. The van der Waals surface area contributed by atoms with E-state index in [-0.39, 0.29) is 24.2 Å². The van der Waals surface area contributed by atoms with Gasteiger partial charge in [0.15, 0.2) is 6.04 Å². The first-order valence-corrected chi connectivity index (χ1v) is 8.21. The molecule has 0 saturated carbocycles. The molecule has 0 aromatic rings. The van der Waals surface area contributed by atoms with Gasteiger partial charge < -0.3 is 14.8 Å². The fourth-order valence-corrected chi connectivity index (χ4v) is 2.16. The van der Waals surface area contributed by atoms with Crippen molar-refractivity contribution in [2.75, 3.05) is 19.0 Å². The lowest BCUT2D eigenvalue weighted by atomic mass is 10.2. The second-order valence-corrected chi connectivity index (χ2v) is 5.55. The Labute approximate surface area is 135 Å². The van der Waals surface area contributed by atoms with Crippen molar-refractivity contribution >= 4 is 34.7 Å². The Morgan fingerprint density at radius 3 is 2.45 bits per heavy atom. The summed E-state index contributed by atoms with van der Waals surface area (Å²) < 4.78 is 9.64. The normalized spacial score (nSPS) is 11.4. The molecule has 2 N–H and O–H groups in total. The number of ether oxygens (including phenoxy) is 2. The summed E-state index contributed by atoms with van der Waals surface area (Å²) in [6.07, 6.45) is 1.89. The van der Waals surface area contributed by atoms with Gasteiger partial charge in [-0.15, -0.1) is 11.8 Å². The Morgan fingerprint density at radius 1 is 1.23 bits per heavy atom. The zero-order chi connectivity index (χ0) is 17.0. The molecule has 0 aliphatic heterocycles. The molecule has 1 atom stereocenters. The van der Waals surface area contributed by atoms with Crippen LogP contribution in [0.4, 0.5) is 0 Å². The number of carbonyl (C=O) groups excluding carboxylic acids is 3. The lowest BCUT2D eigenvalue weighted by Gasteiger charge is -2.17. The van der Waals surface area contributed by atoms with Gasteiger partial charge in [-0.25, -0.2) is 4.79 Å². The van der Waals surface area contributed by atoms with E-state index in [1.54, 1.807) is 6.92 Å². The monoisotopic (exact) mass is 332 g/mol. The van der Waals surface area contributed by atoms with Crippen molar-refractivity contribution in [3.05, 3.63) is 0 Å². The van der Waals surface area contributed by atoms with Crippen LogP contribution in [0.3, 0.4) is 0 Å². The molecule has 0 aliphatic carbocycles. The van der Waals surface area contributed by atoms with Crippen LogP contribution >= 0.6 is 11.8 Å². The van der Waals surface area contributed by atoms with Crippen molar-refractivity contribution in [1.82, 2.24) is 5.32 Å². The maximum absolute atomic E-state index is 11.9. The maximum Gasteiger partial charge on any atom is 0.335 e. The van der Waals surface area contributed by atoms with E-state index in [9.17, 15) is 14.4 Å². The molecule has 0 radical (unpaired) electrons. The molecule has 0 heterocycles. The van der Waals surface area contributed by atoms with Gasteiger partial charge in [0.25, 0.3) is 0 Å². The number of nitrogens with one attached hydrogen (secondary N) is 2. The van der Waals surface area contributed by atoms with Crippen molar-refractivity contribution in [2.45, 2.75) is 46.1 Å². The summed E-state index contributed by atoms with van der Waals surface area (Å²) in [4.78, 5) is 34.3. The van der Waals surface area contributed by atoms with Gasteiger partial charge in [0.1, 0.15) is 6.61 Å². The second-order valence-electron chi connectivity index (χ2n) is 4.41. The van der Waals surface area contributed by atoms with Crippen molar-refractivity contribution < 1.29 is 23.9 Å². The Morgan fingerprint density at radius 2 is 1.91 bits per heavy atom. The van der Waals surface area contributed by atoms with Crippen LogP contribution in [0.25, 0.3) is 0 Å². The minimum absolute atomic E-state index is 0.0320. The van der Waals surface area contributed by atoms with Crippen LogP contribution in [-0.4, -0.2) is 47.9 Å². The van der Waals surface area contributed by atoms with Gasteiger partial charge in [-0.05, 0) is 13.3 Å². The van der Waals surface area contributed by atoms with E-state index in [0.29, 0.717) is 18.6 Å². The molecule has 1 amide bonds. The van der Waals surface area contributed by atoms with Crippen molar-refractivity contribution in [3.63, 3.8) is 0 Å². The first kappa shape index (κ1) is 20.4. The summed E-state index contributed by atoms with van der Waals surface area (Å²) in [5, 5.41) is 10.4. The number of rotatable bonds is 10. The lowest BCUT2D eigenvalue weighted by Crippen LogP contribution is -2.46. The standard InChI is InChI=1S/C14H24N2O5S/c1-4-6-7-11(18)16-12(14(19)20-5-2)13(15)22-9-8-21-10(3)17/h12,15H,4-9H2,1-3H3,(H,16,18). The molecule has 7 nitrogen and oxygen atoms in total. The van der Waals surface area contributed by atoms with Gasteiger partial charge in [0, 0.05) is 19.1 Å². The molecule has 0 aromatic carbocycles. The van der Waals surface area contributed by atoms with E-state index in [2.05, 4.69) is 5.32 Å². The van der Waals surface area contributed by atoms with Crippen LogP contribution in [0.1, 0.15) is 40.0 Å². The SMILES string of the molecule is CCCCC(=O)NC(C(=N)SCCOC(C)=O)C(=O)OCC. The third-order valence-electron chi connectivity index (χ3n) is 2.49. The number of unbranched alkanes of at least 4 members (excludes halogenated alkanes) is 1. The molecule has 0 fully saturated rings. The van der Waals surface area contributed by atoms with Crippen molar-refractivity contribution in [1.29, 1.82) is 5.41 Å². The Balaban J connectivity index is 4.49. The molecule has 0 rings (SSSR count). The van der Waals surface area contributed by atoms with Gasteiger partial charge in [0.05, 0.1) is 11.7 Å². The molecule has 0 spiro atoms. The lowest BCUT2D eigenvalue weighted by molar-refractivity contribution is -0.145. The summed E-state index contributed by atoms with van der Waals surface area (Å²) in [5.74, 6) is -1.01. The number of hydrogen-bond donors (Lipinski definition) is 2. The fourth-order valence-electron chi connectivity index (χ4n) is 1.45. The number of amides is 1. The van der Waals surface area contributed by atoms with Gasteiger partial charge in [0.2, 0.25) is 5.91 Å². The minimum atomic E-state index is -1.10. The second kappa shape index (κ2) is 12.0. The van der Waals surface area contributed by atoms with Crippen LogP contribution in [0.15, 0.2) is 0 Å². The smallest absolute Gasteiger partial charge is 0.335 e. The quantitative estimate of drug-likeness (QED) is 0.272. The Kier molecular flexibility index (Phi) is 11.2. The van der Waals surface area contributed by atoms with E-state index in [4.69, 9.17) is 14.9 Å². The van der Waals surface area contributed by atoms with Crippen LogP contribution in [0.5, 0.6) is 0 Å². The Hall–Kier alpha value is -1.57. The molecule has 1 unspecified atom stereocenters. The van der Waals surface area contributed by atoms with Crippen molar-refractivity contribution in [3.8, 4) is 0 Å². The van der Waals surface area contributed by atoms with Crippen molar-refractivity contribution in [2.24, 2.45) is 0 Å². The molecular formula is C14H24N2O5S. The molecule has 0 aliphatic rings. The summed E-state index contributed by atoms with van der Waals surface area (Å²) in [6, 6.07) is -1.10. The molecular weight excluding hydrogens is 308 g/mol. The van der Waals surface area contributed by atoms with Gasteiger partial charge in [-0.2, -0.15) is 0 Å². The predicted octanol–water partition coefficient (Wildman–Crippen LogP) is 1.50. The zero-order valence-corrected chi connectivity index (χ0v) is 14.1. The summed E-state index contributed by atoms with van der Waals surface area (Å²) in [5.41, 5.74) is 0. The van der Waals surface area contributed by atoms with E-state index in [1.807, 2.05) is 6.92 Å². The Bertz CT molecular complexity index is 401. The summed E-state index contributed by atoms with van der Waals surface area (Å²) in [6.45, 7) is 5.23. The molecule has 126 valence electrons. The molecule has 0 aromatic heterocycles. The molecule has 0 saturated heterocycles. The third kappa shape index (κ3) is 9.38. The topological polar surface area (TPSA) is 106 Å². The summed E-state index contributed by atoms with van der Waals surface area (Å²) in [7, 11) is 0. The van der Waals surface area contributed by atoms with Crippen LogP contribution in [0, 0.1) is 5.41 Å². The minimum Gasteiger partial charge on any atom is -0.465 e. The number of esters is 2. The highest BCUT2D eigenvalue weighted by atomic mass is 32.2. The highest BCUT2D eigenvalue weighted by Gasteiger charge is 2.26. The van der Waals surface area contributed by atoms with E-state index in [1.165, 1.54) is 6.92 Å². The van der Waals surface area contributed by atoms with E-state index < -0.39 is 18.0 Å². The zero-order valence-electron chi connectivity index (χ0n) is 13.3. The molecule has 0 bridgehead atoms. The molecule has 22 heavy (non-hydrogen) atoms.